The van der Waals surface area contributed by atoms with Crippen LogP contribution in [0.3, 0.4) is 0 Å². The zero-order valence-corrected chi connectivity index (χ0v) is 20.1. The summed E-state index contributed by atoms with van der Waals surface area (Å²) < 4.78 is 21.5. The van der Waals surface area contributed by atoms with E-state index in [0.29, 0.717) is 48.7 Å². The van der Waals surface area contributed by atoms with Gasteiger partial charge in [-0.2, -0.15) is 5.10 Å². The highest BCUT2D eigenvalue weighted by Crippen LogP contribution is 2.25. The van der Waals surface area contributed by atoms with Gasteiger partial charge in [-0.15, -0.1) is 0 Å². The van der Waals surface area contributed by atoms with Crippen molar-refractivity contribution >= 4 is 23.6 Å². The molecule has 1 saturated heterocycles. The molecule has 0 saturated carbocycles. The lowest BCUT2D eigenvalue weighted by Crippen LogP contribution is -2.39. The van der Waals surface area contributed by atoms with Gasteiger partial charge in [-0.1, -0.05) is 0 Å². The molecule has 11 nitrogen and oxygen atoms in total. The van der Waals surface area contributed by atoms with Gasteiger partial charge in [0.2, 0.25) is 5.95 Å². The van der Waals surface area contributed by atoms with Gasteiger partial charge in [0.15, 0.2) is 11.6 Å². The van der Waals surface area contributed by atoms with E-state index in [1.807, 2.05) is 6.20 Å². The van der Waals surface area contributed by atoms with E-state index >= 15 is 0 Å². The largest absolute Gasteiger partial charge is 0.494 e. The summed E-state index contributed by atoms with van der Waals surface area (Å²) in [6.45, 7) is 0.943. The minimum absolute atomic E-state index is 0.0189. The number of aromatic nitrogens is 4. The summed E-state index contributed by atoms with van der Waals surface area (Å²) in [5.41, 5.74) is 2.18. The molecule has 2 amide bonds. The Morgan fingerprint density at radius 2 is 2.00 bits per heavy atom. The minimum atomic E-state index is -0.917. The van der Waals surface area contributed by atoms with Gasteiger partial charge in [0.05, 0.1) is 25.0 Å². The summed E-state index contributed by atoms with van der Waals surface area (Å²) in [6.07, 6.45) is 8.30. The maximum atomic E-state index is 14.7. The van der Waals surface area contributed by atoms with Gasteiger partial charge in [0, 0.05) is 44.3 Å². The van der Waals surface area contributed by atoms with Crippen molar-refractivity contribution in [2.45, 2.75) is 31.7 Å². The minimum Gasteiger partial charge on any atom is -0.494 e. The van der Waals surface area contributed by atoms with Crippen LogP contribution in [0.5, 0.6) is 5.75 Å². The molecule has 3 aromatic rings. The van der Waals surface area contributed by atoms with Gasteiger partial charge in [0.1, 0.15) is 0 Å². The molecule has 190 valence electrons. The first-order valence-electron chi connectivity index (χ1n) is 11.6. The van der Waals surface area contributed by atoms with E-state index in [9.17, 15) is 19.1 Å². The van der Waals surface area contributed by atoms with E-state index in [4.69, 9.17) is 4.74 Å². The Bertz CT molecular complexity index is 1230. The highest BCUT2D eigenvalue weighted by molar-refractivity contribution is 5.94. The molecule has 1 aromatic carbocycles. The third-order valence-electron chi connectivity index (χ3n) is 6.11. The molecule has 36 heavy (non-hydrogen) atoms. The van der Waals surface area contributed by atoms with E-state index in [2.05, 4.69) is 25.7 Å². The Kier molecular flexibility index (Phi) is 7.62. The molecular weight excluding hydrogens is 469 g/mol. The lowest BCUT2D eigenvalue weighted by molar-refractivity contribution is 0.0962. The van der Waals surface area contributed by atoms with E-state index < -0.39 is 11.9 Å². The molecule has 1 aliphatic rings. The molecule has 1 atom stereocenters. The van der Waals surface area contributed by atoms with Crippen molar-refractivity contribution in [2.24, 2.45) is 0 Å². The number of likely N-dealkylation sites (tertiary alicyclic amines) is 1. The maximum absolute atomic E-state index is 14.7. The third-order valence-corrected chi connectivity index (χ3v) is 6.11. The Morgan fingerprint density at radius 1 is 1.22 bits per heavy atom. The van der Waals surface area contributed by atoms with Crippen molar-refractivity contribution in [2.75, 3.05) is 32.6 Å². The number of ether oxygens (including phenoxy) is 1. The molecule has 0 spiro atoms. The molecule has 4 rings (SSSR count). The number of methoxy groups -OCH3 is 1. The number of halogens is 1. The highest BCUT2D eigenvalue weighted by Gasteiger charge is 2.25. The average Bonchev–Trinajstić information content (AvgIpc) is 3.37. The second-order valence-electron chi connectivity index (χ2n) is 8.50. The number of piperidine rings is 1. The summed E-state index contributed by atoms with van der Waals surface area (Å²) in [6, 6.07) is 2.88. The molecule has 1 aliphatic heterocycles. The predicted molar refractivity (Wildman–Crippen MR) is 129 cm³/mol. The van der Waals surface area contributed by atoms with Gasteiger partial charge in [-0.3, -0.25) is 9.48 Å². The Hall–Kier alpha value is -4.22. The summed E-state index contributed by atoms with van der Waals surface area (Å²) >= 11 is 0. The monoisotopic (exact) mass is 497 g/mol. The van der Waals surface area contributed by atoms with Crippen molar-refractivity contribution in [1.29, 1.82) is 0 Å². The second kappa shape index (κ2) is 11.0. The van der Waals surface area contributed by atoms with Crippen LogP contribution in [-0.2, 0) is 12.8 Å². The van der Waals surface area contributed by atoms with E-state index in [-0.39, 0.29) is 17.7 Å². The lowest BCUT2D eigenvalue weighted by Gasteiger charge is -2.30. The standard InChI is InChI=1S/C24H28FN7O4/c1-26-22(33)17-8-16(21(25)20(9-17)36-2)6-5-15-10-27-23(28-11-15)30-18-12-29-32(13-18)19-4-3-7-31(14-19)24(34)35/h8-13,19H,3-7,14H2,1-2H3,(H,26,33)(H,34,35)(H,27,28,30). The van der Waals surface area contributed by atoms with Crippen molar-refractivity contribution in [3.8, 4) is 5.75 Å². The number of hydrogen-bond acceptors (Lipinski definition) is 7. The summed E-state index contributed by atoms with van der Waals surface area (Å²) in [5.74, 6) is -0.417. The highest BCUT2D eigenvalue weighted by atomic mass is 19.1. The zero-order valence-electron chi connectivity index (χ0n) is 20.1. The van der Waals surface area contributed by atoms with Crippen LogP contribution < -0.4 is 15.4 Å². The van der Waals surface area contributed by atoms with E-state index in [1.165, 1.54) is 31.2 Å². The quantitative estimate of drug-likeness (QED) is 0.432. The SMILES string of the molecule is CNC(=O)c1cc(CCc2cnc(Nc3cnn(C4CCCN(C(=O)O)C4)c3)nc2)c(F)c(OC)c1. The van der Waals surface area contributed by atoms with Crippen LogP contribution in [0.1, 0.15) is 40.4 Å². The van der Waals surface area contributed by atoms with Crippen LogP contribution in [0, 0.1) is 5.82 Å². The Labute approximate surface area is 207 Å². The molecular formula is C24H28FN7O4. The van der Waals surface area contributed by atoms with Crippen molar-refractivity contribution in [3.05, 3.63) is 59.4 Å². The van der Waals surface area contributed by atoms with Crippen LogP contribution in [0.4, 0.5) is 20.8 Å². The molecule has 1 fully saturated rings. The maximum Gasteiger partial charge on any atom is 0.407 e. The van der Waals surface area contributed by atoms with Gasteiger partial charge >= 0.3 is 6.09 Å². The molecule has 3 N–H and O–H groups in total. The molecule has 0 radical (unpaired) electrons. The van der Waals surface area contributed by atoms with Crippen LogP contribution in [0.25, 0.3) is 0 Å². The number of amides is 2. The number of benzene rings is 1. The Morgan fingerprint density at radius 3 is 2.69 bits per heavy atom. The fourth-order valence-corrected chi connectivity index (χ4v) is 4.16. The topological polar surface area (TPSA) is 134 Å². The summed E-state index contributed by atoms with van der Waals surface area (Å²) in [5, 5.41) is 19.2. The molecule has 0 aliphatic carbocycles. The number of nitrogens with one attached hydrogen (secondary N) is 2. The number of carbonyl (C=O) groups excluding carboxylic acids is 1. The zero-order chi connectivity index (χ0) is 25.7. The number of hydrogen-bond donors (Lipinski definition) is 3. The first-order chi connectivity index (χ1) is 17.4. The van der Waals surface area contributed by atoms with Crippen LogP contribution in [0.2, 0.25) is 0 Å². The first kappa shape index (κ1) is 24.9. The smallest absolute Gasteiger partial charge is 0.407 e. The summed E-state index contributed by atoms with van der Waals surface area (Å²) in [7, 11) is 2.87. The normalized spacial score (nSPS) is 15.4. The van der Waals surface area contributed by atoms with Crippen molar-refractivity contribution < 1.29 is 23.8 Å². The van der Waals surface area contributed by atoms with Crippen LogP contribution >= 0.6 is 0 Å². The summed E-state index contributed by atoms with van der Waals surface area (Å²) in [4.78, 5) is 33.3. The first-order valence-corrected chi connectivity index (χ1v) is 11.6. The number of rotatable bonds is 8. The number of aryl methyl sites for hydroxylation is 2. The molecule has 2 aromatic heterocycles. The van der Waals surface area contributed by atoms with Gasteiger partial charge in [-0.25, -0.2) is 19.2 Å². The fourth-order valence-electron chi connectivity index (χ4n) is 4.16. The lowest BCUT2D eigenvalue weighted by atomic mass is 10.0. The predicted octanol–water partition coefficient (Wildman–Crippen LogP) is 3.02. The van der Waals surface area contributed by atoms with Crippen molar-refractivity contribution in [3.63, 3.8) is 0 Å². The van der Waals surface area contributed by atoms with Gasteiger partial charge in [0.25, 0.3) is 5.91 Å². The van der Waals surface area contributed by atoms with Gasteiger partial charge in [-0.05, 0) is 48.9 Å². The van der Waals surface area contributed by atoms with E-state index in [0.717, 1.165) is 18.4 Å². The number of nitrogens with zero attached hydrogens (tertiary/aromatic N) is 5. The third kappa shape index (κ3) is 5.70. The number of carboxylic acid groups (broad SMARTS) is 1. The molecule has 0 bridgehead atoms. The van der Waals surface area contributed by atoms with Crippen LogP contribution in [0.15, 0.2) is 36.9 Å². The fraction of sp³-hybridized carbons (Fsp3) is 0.375. The number of carbonyl (C=O) groups is 2. The number of anilines is 2. The van der Waals surface area contributed by atoms with Gasteiger partial charge < -0.3 is 25.4 Å². The average molecular weight is 498 g/mol. The molecule has 1 unspecified atom stereocenters. The Balaban J connectivity index is 1.37. The second-order valence-corrected chi connectivity index (χ2v) is 8.50. The van der Waals surface area contributed by atoms with Crippen molar-refractivity contribution in [1.82, 2.24) is 30.0 Å². The molecule has 12 heteroatoms. The molecule has 3 heterocycles. The van der Waals surface area contributed by atoms with E-state index in [1.54, 1.807) is 23.3 Å². The van der Waals surface area contributed by atoms with Crippen LogP contribution in [-0.4, -0.2) is 69.0 Å².